The molecule has 0 bridgehead atoms. The van der Waals surface area contributed by atoms with Crippen molar-refractivity contribution in [2.45, 2.75) is 13.5 Å². The van der Waals surface area contributed by atoms with Gasteiger partial charge in [-0.05, 0) is 25.1 Å². The fourth-order valence-corrected chi connectivity index (χ4v) is 2.49. The number of carbonyl (C=O) groups is 2. The largest absolute Gasteiger partial charge is 0.478 e. The molecule has 0 atom stereocenters. The predicted molar refractivity (Wildman–Crippen MR) is 70.9 cm³/mol. The summed E-state index contributed by atoms with van der Waals surface area (Å²) in [6, 6.07) is 4.67. The molecular weight excluding hydrogens is 290 g/mol. The van der Waals surface area contributed by atoms with Gasteiger partial charge in [0.15, 0.2) is 0 Å². The van der Waals surface area contributed by atoms with Crippen LogP contribution in [0.5, 0.6) is 0 Å². The van der Waals surface area contributed by atoms with Crippen molar-refractivity contribution in [3.63, 3.8) is 0 Å². The lowest BCUT2D eigenvalue weighted by Crippen LogP contribution is -2.21. The monoisotopic (exact) mass is 299 g/mol. The first-order chi connectivity index (χ1) is 8.97. The van der Waals surface area contributed by atoms with Gasteiger partial charge in [0.1, 0.15) is 17.1 Å². The van der Waals surface area contributed by atoms with Crippen LogP contribution in [0.2, 0.25) is 4.34 Å². The van der Waals surface area contributed by atoms with Gasteiger partial charge in [0.25, 0.3) is 5.91 Å². The molecule has 2 N–H and O–H groups in total. The Labute approximate surface area is 117 Å². The predicted octanol–water partition coefficient (Wildman–Crippen LogP) is 2.93. The maximum absolute atomic E-state index is 11.7. The minimum absolute atomic E-state index is 0.100. The van der Waals surface area contributed by atoms with Crippen LogP contribution in [0.1, 0.15) is 31.6 Å². The normalized spacial score (nSPS) is 10.4. The van der Waals surface area contributed by atoms with E-state index in [0.29, 0.717) is 20.7 Å². The highest BCUT2D eigenvalue weighted by Gasteiger charge is 2.15. The van der Waals surface area contributed by atoms with Crippen molar-refractivity contribution in [2.75, 3.05) is 0 Å². The molecule has 7 heteroatoms. The molecule has 0 fully saturated rings. The number of aromatic carboxylic acids is 1. The Bertz CT molecular complexity index is 631. The molecule has 0 saturated carbocycles. The van der Waals surface area contributed by atoms with Gasteiger partial charge in [-0.15, -0.1) is 11.3 Å². The summed E-state index contributed by atoms with van der Waals surface area (Å²) in [4.78, 5) is 23.1. The quantitative estimate of drug-likeness (QED) is 0.909. The average Bonchev–Trinajstić information content (AvgIpc) is 2.92. The smallest absolute Gasteiger partial charge is 0.339 e. The maximum Gasteiger partial charge on any atom is 0.339 e. The van der Waals surface area contributed by atoms with Crippen LogP contribution in [0, 0.1) is 6.92 Å². The Hall–Kier alpha value is -1.79. The molecule has 0 aliphatic heterocycles. The molecular formula is C12H10ClNO4S. The van der Waals surface area contributed by atoms with E-state index in [1.165, 1.54) is 17.4 Å². The number of carboxylic acids is 1. The Kier molecular flexibility index (Phi) is 3.92. The number of thiophene rings is 1. The van der Waals surface area contributed by atoms with Gasteiger partial charge in [0.2, 0.25) is 0 Å². The second-order valence-corrected chi connectivity index (χ2v) is 5.49. The van der Waals surface area contributed by atoms with E-state index in [0.717, 1.165) is 0 Å². The summed E-state index contributed by atoms with van der Waals surface area (Å²) in [6.45, 7) is 1.69. The van der Waals surface area contributed by atoms with Crippen LogP contribution < -0.4 is 5.32 Å². The third kappa shape index (κ3) is 3.15. The third-order valence-electron chi connectivity index (χ3n) is 2.42. The number of rotatable bonds is 4. The van der Waals surface area contributed by atoms with Crippen LogP contribution in [0.15, 0.2) is 22.6 Å². The zero-order chi connectivity index (χ0) is 14.0. The van der Waals surface area contributed by atoms with Crippen molar-refractivity contribution in [1.82, 2.24) is 5.32 Å². The Morgan fingerprint density at radius 1 is 1.47 bits per heavy atom. The topological polar surface area (TPSA) is 79.5 Å². The molecule has 0 saturated heterocycles. The van der Waals surface area contributed by atoms with Gasteiger partial charge in [0.05, 0.1) is 15.8 Å². The molecule has 0 radical (unpaired) electrons. The number of carbonyl (C=O) groups excluding carboxylic acids is 1. The molecule has 2 aromatic heterocycles. The van der Waals surface area contributed by atoms with Crippen LogP contribution in [0.25, 0.3) is 0 Å². The van der Waals surface area contributed by atoms with Crippen molar-refractivity contribution in [3.8, 4) is 0 Å². The summed E-state index contributed by atoms with van der Waals surface area (Å²) in [6.07, 6.45) is 0. The molecule has 0 aromatic carbocycles. The summed E-state index contributed by atoms with van der Waals surface area (Å²) >= 11 is 6.91. The van der Waals surface area contributed by atoms with E-state index in [1.54, 1.807) is 19.1 Å². The molecule has 1 amide bonds. The fourth-order valence-electron chi connectivity index (χ4n) is 1.53. The summed E-state index contributed by atoms with van der Waals surface area (Å²) in [7, 11) is 0. The average molecular weight is 300 g/mol. The minimum Gasteiger partial charge on any atom is -0.478 e. The highest BCUT2D eigenvalue weighted by atomic mass is 35.5. The summed E-state index contributed by atoms with van der Waals surface area (Å²) in [5, 5.41) is 11.5. The van der Waals surface area contributed by atoms with Crippen LogP contribution >= 0.6 is 22.9 Å². The number of hydrogen-bond acceptors (Lipinski definition) is 4. The second kappa shape index (κ2) is 5.46. The zero-order valence-electron chi connectivity index (χ0n) is 9.90. The van der Waals surface area contributed by atoms with Gasteiger partial charge in [-0.25, -0.2) is 4.79 Å². The number of nitrogens with one attached hydrogen (secondary N) is 1. The van der Waals surface area contributed by atoms with Crippen LogP contribution in [0.3, 0.4) is 0 Å². The van der Waals surface area contributed by atoms with Gasteiger partial charge in [-0.2, -0.15) is 0 Å². The third-order valence-corrected chi connectivity index (χ3v) is 3.65. The molecule has 100 valence electrons. The first kappa shape index (κ1) is 13.6. The fraction of sp³-hybridized carbons (Fsp3) is 0.167. The lowest BCUT2D eigenvalue weighted by atomic mass is 10.2. The molecule has 19 heavy (non-hydrogen) atoms. The Balaban J connectivity index is 2.01. The van der Waals surface area contributed by atoms with Gasteiger partial charge in [-0.3, -0.25) is 4.79 Å². The molecule has 5 nitrogen and oxygen atoms in total. The highest BCUT2D eigenvalue weighted by Crippen LogP contribution is 2.21. The first-order valence-corrected chi connectivity index (χ1v) is 6.53. The van der Waals surface area contributed by atoms with E-state index < -0.39 is 5.97 Å². The standard InChI is InChI=1S/C12H10ClNO4S/c1-6-8(12(16)17)4-7(18-6)5-14-11(15)9-2-3-10(13)19-9/h2-4H,5H2,1H3,(H,14,15)(H,16,17). The van der Waals surface area contributed by atoms with Gasteiger partial charge >= 0.3 is 5.97 Å². The van der Waals surface area contributed by atoms with Crippen LogP contribution in [-0.2, 0) is 6.54 Å². The van der Waals surface area contributed by atoms with E-state index in [2.05, 4.69) is 5.32 Å². The highest BCUT2D eigenvalue weighted by molar-refractivity contribution is 7.17. The zero-order valence-corrected chi connectivity index (χ0v) is 11.5. The minimum atomic E-state index is -1.05. The Morgan fingerprint density at radius 3 is 2.74 bits per heavy atom. The lowest BCUT2D eigenvalue weighted by molar-refractivity contribution is 0.0694. The van der Waals surface area contributed by atoms with Crippen molar-refractivity contribution < 1.29 is 19.1 Å². The Morgan fingerprint density at radius 2 is 2.21 bits per heavy atom. The van der Waals surface area contributed by atoms with Gasteiger partial charge in [0, 0.05) is 0 Å². The first-order valence-electron chi connectivity index (χ1n) is 5.33. The number of hydrogen-bond donors (Lipinski definition) is 2. The van der Waals surface area contributed by atoms with E-state index in [1.807, 2.05) is 0 Å². The van der Waals surface area contributed by atoms with Crippen LogP contribution in [-0.4, -0.2) is 17.0 Å². The maximum atomic E-state index is 11.7. The number of halogens is 1. The van der Waals surface area contributed by atoms with E-state index in [9.17, 15) is 9.59 Å². The molecule has 2 aromatic rings. The number of furan rings is 1. The van der Waals surface area contributed by atoms with Gasteiger partial charge < -0.3 is 14.8 Å². The van der Waals surface area contributed by atoms with Gasteiger partial charge in [-0.1, -0.05) is 11.6 Å². The van der Waals surface area contributed by atoms with E-state index >= 15 is 0 Å². The molecule has 0 aliphatic rings. The summed E-state index contributed by atoms with van der Waals surface area (Å²) in [5.41, 5.74) is 0.100. The molecule has 0 aliphatic carbocycles. The van der Waals surface area contributed by atoms with Crippen molar-refractivity contribution in [2.24, 2.45) is 0 Å². The van der Waals surface area contributed by atoms with Crippen molar-refractivity contribution >= 4 is 34.8 Å². The van der Waals surface area contributed by atoms with E-state index in [-0.39, 0.29) is 18.0 Å². The summed E-state index contributed by atoms with van der Waals surface area (Å²) in [5.74, 6) is -0.617. The van der Waals surface area contributed by atoms with Crippen LogP contribution in [0.4, 0.5) is 0 Å². The molecule has 0 spiro atoms. The lowest BCUT2D eigenvalue weighted by Gasteiger charge is -2.00. The number of aryl methyl sites for hydroxylation is 1. The number of amides is 1. The second-order valence-electron chi connectivity index (χ2n) is 3.77. The number of carboxylic acid groups (broad SMARTS) is 1. The summed E-state index contributed by atoms with van der Waals surface area (Å²) < 4.78 is 5.78. The molecule has 0 unspecified atom stereocenters. The molecule has 2 rings (SSSR count). The van der Waals surface area contributed by atoms with Crippen molar-refractivity contribution in [1.29, 1.82) is 0 Å². The molecule has 2 heterocycles. The SMILES string of the molecule is Cc1oc(CNC(=O)c2ccc(Cl)s2)cc1C(=O)O. The van der Waals surface area contributed by atoms with E-state index in [4.69, 9.17) is 21.1 Å². The van der Waals surface area contributed by atoms with Crippen molar-refractivity contribution in [3.05, 3.63) is 44.5 Å².